The van der Waals surface area contributed by atoms with Crippen molar-refractivity contribution in [3.63, 3.8) is 0 Å². The molecule has 9 heteroatoms. The van der Waals surface area contributed by atoms with Gasteiger partial charge in [-0.25, -0.2) is 9.79 Å². The average molecular weight is 494 g/mol. The maximum absolute atomic E-state index is 13.1. The van der Waals surface area contributed by atoms with Crippen molar-refractivity contribution in [3.05, 3.63) is 82.6 Å². The van der Waals surface area contributed by atoms with Gasteiger partial charge >= 0.3 is 5.97 Å². The van der Waals surface area contributed by atoms with E-state index >= 15 is 0 Å². The fourth-order valence-electron chi connectivity index (χ4n) is 3.29. The fraction of sp³-hybridized carbons (Fsp3) is 0.200. The zero-order valence-corrected chi connectivity index (χ0v) is 20.1. The predicted molar refractivity (Wildman–Crippen MR) is 135 cm³/mol. The molecule has 2 heterocycles. The topological polar surface area (TPSA) is 88.1 Å². The van der Waals surface area contributed by atoms with E-state index in [-0.39, 0.29) is 18.2 Å². The Labute approximate surface area is 205 Å². The van der Waals surface area contributed by atoms with Crippen LogP contribution >= 0.6 is 23.1 Å². The van der Waals surface area contributed by atoms with Crippen molar-refractivity contribution in [2.24, 2.45) is 4.99 Å². The van der Waals surface area contributed by atoms with Crippen LogP contribution in [0.3, 0.4) is 0 Å². The Morgan fingerprint density at radius 1 is 1.09 bits per heavy atom. The van der Waals surface area contributed by atoms with Crippen molar-refractivity contribution in [2.75, 3.05) is 11.9 Å². The molecule has 4 rings (SSSR count). The number of aliphatic imine (C=N–C) groups is 1. The quantitative estimate of drug-likeness (QED) is 0.464. The lowest BCUT2D eigenvalue weighted by Crippen LogP contribution is -2.44. The number of amidine groups is 1. The highest BCUT2D eigenvalue weighted by Gasteiger charge is 2.36. The molecule has 2 aromatic carbocycles. The Balaban J connectivity index is 1.50. The smallest absolute Gasteiger partial charge is 0.338 e. The molecular formula is C25H23N3O4S2. The second-order valence-electron chi connectivity index (χ2n) is 7.39. The molecule has 0 radical (unpaired) electrons. The van der Waals surface area contributed by atoms with Crippen LogP contribution in [-0.4, -0.2) is 39.7 Å². The van der Waals surface area contributed by atoms with E-state index in [0.29, 0.717) is 35.3 Å². The number of carbonyl (C=O) groups is 3. The number of rotatable bonds is 7. The van der Waals surface area contributed by atoms with Gasteiger partial charge < -0.3 is 10.1 Å². The highest BCUT2D eigenvalue weighted by atomic mass is 32.2. The van der Waals surface area contributed by atoms with Crippen LogP contribution in [0.4, 0.5) is 11.4 Å². The van der Waals surface area contributed by atoms with Crippen LogP contribution in [0, 0.1) is 0 Å². The van der Waals surface area contributed by atoms with Crippen LogP contribution in [-0.2, 0) is 20.9 Å². The normalized spacial score (nSPS) is 17.0. The van der Waals surface area contributed by atoms with Crippen molar-refractivity contribution in [3.8, 4) is 0 Å². The number of esters is 1. The number of amides is 2. The number of carbonyl (C=O) groups excluding carboxylic acids is 3. The summed E-state index contributed by atoms with van der Waals surface area (Å²) in [6.07, 6.45) is 0.0661. The second-order valence-corrected chi connectivity index (χ2v) is 9.59. The minimum atomic E-state index is -0.626. The van der Waals surface area contributed by atoms with Gasteiger partial charge in [0.1, 0.15) is 5.25 Å². The molecule has 0 spiro atoms. The minimum Gasteiger partial charge on any atom is -0.462 e. The molecule has 34 heavy (non-hydrogen) atoms. The maximum atomic E-state index is 13.1. The molecule has 1 aliphatic rings. The summed E-state index contributed by atoms with van der Waals surface area (Å²) in [5, 5.41) is 4.67. The van der Waals surface area contributed by atoms with Gasteiger partial charge in [0, 0.05) is 17.0 Å². The number of hydrogen-bond acceptors (Lipinski definition) is 7. The third-order valence-electron chi connectivity index (χ3n) is 4.97. The number of hydrogen-bond donors (Lipinski definition) is 1. The third-order valence-corrected chi connectivity index (χ3v) is 7.02. The van der Waals surface area contributed by atoms with Gasteiger partial charge in [-0.05, 0) is 54.8 Å². The summed E-state index contributed by atoms with van der Waals surface area (Å²) in [4.78, 5) is 45.3. The van der Waals surface area contributed by atoms with Crippen LogP contribution in [0.15, 0.2) is 77.1 Å². The zero-order chi connectivity index (χ0) is 23.9. The lowest BCUT2D eigenvalue weighted by molar-refractivity contribution is -0.129. The van der Waals surface area contributed by atoms with E-state index in [1.165, 1.54) is 11.8 Å². The number of para-hydroxylation sites is 1. The summed E-state index contributed by atoms with van der Waals surface area (Å²) in [7, 11) is 0. The zero-order valence-electron chi connectivity index (χ0n) is 18.5. The van der Waals surface area contributed by atoms with Gasteiger partial charge in [-0.15, -0.1) is 11.3 Å². The van der Waals surface area contributed by atoms with E-state index in [0.717, 1.165) is 4.88 Å². The van der Waals surface area contributed by atoms with E-state index in [1.54, 1.807) is 47.4 Å². The Bertz CT molecular complexity index is 1180. The van der Waals surface area contributed by atoms with Crippen LogP contribution in [0.2, 0.25) is 0 Å². The standard InChI is InChI=1S/C25H23N3O4S2/c1-2-32-24(31)17-10-12-19(13-11-17)26-23(30)21-15-22(29)28(16-20-9-6-14-33-20)25(34-21)27-18-7-4-3-5-8-18/h3-14,21H,2,15-16H2,1H3,(H,26,30). The molecule has 1 atom stereocenters. The van der Waals surface area contributed by atoms with Crippen molar-refractivity contribution < 1.29 is 19.1 Å². The van der Waals surface area contributed by atoms with Gasteiger partial charge in [0.15, 0.2) is 5.17 Å². The van der Waals surface area contributed by atoms with Gasteiger partial charge in [0.05, 0.1) is 24.4 Å². The Morgan fingerprint density at radius 3 is 2.53 bits per heavy atom. The highest BCUT2D eigenvalue weighted by Crippen LogP contribution is 2.31. The summed E-state index contributed by atoms with van der Waals surface area (Å²) in [6, 6.07) is 19.8. The molecular weight excluding hydrogens is 470 g/mol. The summed E-state index contributed by atoms with van der Waals surface area (Å²) in [6.45, 7) is 2.45. The van der Waals surface area contributed by atoms with Crippen LogP contribution < -0.4 is 5.32 Å². The molecule has 7 nitrogen and oxygen atoms in total. The average Bonchev–Trinajstić information content (AvgIpc) is 3.36. The van der Waals surface area contributed by atoms with E-state index in [2.05, 4.69) is 10.3 Å². The predicted octanol–water partition coefficient (Wildman–Crippen LogP) is 5.09. The second kappa shape index (κ2) is 11.1. The number of anilines is 1. The van der Waals surface area contributed by atoms with Crippen molar-refractivity contribution >= 4 is 57.4 Å². The molecule has 1 aromatic heterocycles. The Morgan fingerprint density at radius 2 is 1.85 bits per heavy atom. The third kappa shape index (κ3) is 5.92. The first-order chi connectivity index (χ1) is 16.5. The minimum absolute atomic E-state index is 0.0661. The van der Waals surface area contributed by atoms with Crippen molar-refractivity contribution in [1.29, 1.82) is 0 Å². The van der Waals surface area contributed by atoms with Gasteiger partial charge in [-0.3, -0.25) is 14.5 Å². The Hall–Kier alpha value is -3.43. The van der Waals surface area contributed by atoms with E-state index in [1.807, 2.05) is 47.8 Å². The number of ether oxygens (including phenoxy) is 1. The first-order valence-electron chi connectivity index (χ1n) is 10.7. The SMILES string of the molecule is CCOC(=O)c1ccc(NC(=O)C2CC(=O)N(Cc3cccs3)C(=Nc3ccccc3)S2)cc1. The van der Waals surface area contributed by atoms with Crippen molar-refractivity contribution in [2.45, 2.75) is 25.1 Å². The highest BCUT2D eigenvalue weighted by molar-refractivity contribution is 8.15. The summed E-state index contributed by atoms with van der Waals surface area (Å²) >= 11 is 2.85. The van der Waals surface area contributed by atoms with E-state index < -0.39 is 11.2 Å². The number of thiophene rings is 1. The number of nitrogens with zero attached hydrogens (tertiary/aromatic N) is 2. The van der Waals surface area contributed by atoms with Gasteiger partial charge in [0.2, 0.25) is 11.8 Å². The molecule has 3 aromatic rings. The molecule has 1 unspecified atom stereocenters. The summed E-state index contributed by atoms with van der Waals surface area (Å²) < 4.78 is 4.98. The fourth-order valence-corrected chi connectivity index (χ4v) is 5.09. The van der Waals surface area contributed by atoms with Crippen LogP contribution in [0.1, 0.15) is 28.6 Å². The van der Waals surface area contributed by atoms with E-state index in [9.17, 15) is 14.4 Å². The van der Waals surface area contributed by atoms with Gasteiger partial charge in [-0.1, -0.05) is 36.0 Å². The monoisotopic (exact) mass is 493 g/mol. The molecule has 0 saturated carbocycles. The molecule has 2 amide bonds. The number of thioether (sulfide) groups is 1. The van der Waals surface area contributed by atoms with E-state index in [4.69, 9.17) is 4.74 Å². The number of benzene rings is 2. The van der Waals surface area contributed by atoms with Crippen LogP contribution in [0.5, 0.6) is 0 Å². The number of nitrogens with one attached hydrogen (secondary N) is 1. The molecule has 0 bridgehead atoms. The maximum Gasteiger partial charge on any atom is 0.338 e. The largest absolute Gasteiger partial charge is 0.462 e. The molecule has 174 valence electrons. The molecule has 1 fully saturated rings. The Kier molecular flexibility index (Phi) is 7.76. The lowest BCUT2D eigenvalue weighted by Gasteiger charge is -2.31. The first-order valence-corrected chi connectivity index (χ1v) is 12.5. The van der Waals surface area contributed by atoms with Crippen molar-refractivity contribution in [1.82, 2.24) is 4.90 Å². The molecule has 0 aliphatic carbocycles. The molecule has 1 aliphatic heterocycles. The van der Waals surface area contributed by atoms with Gasteiger partial charge in [0.25, 0.3) is 0 Å². The summed E-state index contributed by atoms with van der Waals surface area (Å²) in [5.74, 6) is -0.861. The van der Waals surface area contributed by atoms with Crippen LogP contribution in [0.25, 0.3) is 0 Å². The molecule has 1 N–H and O–H groups in total. The molecule has 1 saturated heterocycles. The lowest BCUT2D eigenvalue weighted by atomic mass is 10.2. The van der Waals surface area contributed by atoms with Gasteiger partial charge in [-0.2, -0.15) is 0 Å². The first kappa shape index (κ1) is 23.7. The summed E-state index contributed by atoms with van der Waals surface area (Å²) in [5.41, 5.74) is 1.65.